The fourth-order valence-electron chi connectivity index (χ4n) is 1.50. The number of halogens is 1. The van der Waals surface area contributed by atoms with Crippen LogP contribution in [0.15, 0.2) is 24.3 Å². The van der Waals surface area contributed by atoms with E-state index in [0.717, 1.165) is 0 Å². The van der Waals surface area contributed by atoms with Gasteiger partial charge in [0.2, 0.25) is 0 Å². The molecule has 0 fully saturated rings. The van der Waals surface area contributed by atoms with Gasteiger partial charge in [-0.25, -0.2) is 0 Å². The van der Waals surface area contributed by atoms with E-state index in [2.05, 4.69) is 38.2 Å². The van der Waals surface area contributed by atoms with Crippen LogP contribution in [0.3, 0.4) is 0 Å². The summed E-state index contributed by atoms with van der Waals surface area (Å²) in [5.74, 6) is 0. The lowest BCUT2D eigenvalue weighted by Crippen LogP contribution is -2.29. The maximum absolute atomic E-state index is 6.55. The number of hydrogen-bond acceptors (Lipinski definition) is 0. The zero-order chi connectivity index (χ0) is 8.32. The molecule has 0 aromatic carbocycles. The van der Waals surface area contributed by atoms with Gasteiger partial charge in [-0.1, -0.05) is 38.2 Å². The Morgan fingerprint density at radius 1 is 1.18 bits per heavy atom. The van der Waals surface area contributed by atoms with E-state index in [1.54, 1.807) is 0 Å². The second kappa shape index (κ2) is 3.59. The second-order valence-corrected chi connectivity index (χ2v) is 9.45. The smallest absolute Gasteiger partial charge is 0.166 e. The highest BCUT2D eigenvalue weighted by Gasteiger charge is 2.33. The summed E-state index contributed by atoms with van der Waals surface area (Å²) in [6.45, 7) is 4.42. The molecule has 0 nitrogen and oxygen atoms in total. The van der Waals surface area contributed by atoms with E-state index in [0.29, 0.717) is 5.54 Å². The zero-order valence-electron chi connectivity index (χ0n) is 7.18. The van der Waals surface area contributed by atoms with E-state index in [9.17, 15) is 0 Å². The van der Waals surface area contributed by atoms with Crippen molar-refractivity contribution in [2.45, 2.75) is 31.5 Å². The van der Waals surface area contributed by atoms with E-state index in [1.807, 2.05) is 0 Å². The van der Waals surface area contributed by atoms with Crippen LogP contribution in [0.1, 0.15) is 13.8 Å². The summed E-state index contributed by atoms with van der Waals surface area (Å²) in [5, 5.41) is 0. The lowest BCUT2D eigenvalue weighted by Gasteiger charge is -2.25. The van der Waals surface area contributed by atoms with E-state index in [1.165, 1.54) is 12.1 Å². The predicted octanol–water partition coefficient (Wildman–Crippen LogP) is 3.71. The fourth-order valence-corrected chi connectivity index (χ4v) is 4.29. The monoisotopic (exact) mass is 186 g/mol. The Bertz CT molecular complexity index is 168. The molecule has 0 bridgehead atoms. The van der Waals surface area contributed by atoms with Gasteiger partial charge >= 0.3 is 0 Å². The minimum atomic E-state index is -1.47. The predicted molar refractivity (Wildman–Crippen MR) is 54.6 cm³/mol. The molecule has 0 heterocycles. The van der Waals surface area contributed by atoms with Crippen LogP contribution in [0.2, 0.25) is 17.6 Å². The van der Waals surface area contributed by atoms with Crippen molar-refractivity contribution in [3.05, 3.63) is 24.3 Å². The molecule has 11 heavy (non-hydrogen) atoms. The highest BCUT2D eigenvalue weighted by Crippen LogP contribution is 2.37. The van der Waals surface area contributed by atoms with Crippen molar-refractivity contribution in [1.82, 2.24) is 0 Å². The minimum Gasteiger partial charge on any atom is -0.166 e. The topological polar surface area (TPSA) is 0 Å². The zero-order valence-corrected chi connectivity index (χ0v) is 8.93. The largest absolute Gasteiger partial charge is 0.166 e. The highest BCUT2D eigenvalue weighted by molar-refractivity contribution is 7.21. The van der Waals surface area contributed by atoms with Gasteiger partial charge in [-0.05, 0) is 12.1 Å². The van der Waals surface area contributed by atoms with Gasteiger partial charge in [-0.2, -0.15) is 11.1 Å². The first-order chi connectivity index (χ1) is 5.23. The van der Waals surface area contributed by atoms with Crippen molar-refractivity contribution >= 4 is 18.5 Å². The van der Waals surface area contributed by atoms with Gasteiger partial charge in [0.05, 0.1) is 0 Å². The van der Waals surface area contributed by atoms with Crippen molar-refractivity contribution in [1.29, 1.82) is 0 Å². The maximum Gasteiger partial charge on any atom is 0.166 e. The molecule has 0 aliphatic heterocycles. The molecule has 0 aromatic heterocycles. The van der Waals surface area contributed by atoms with Crippen molar-refractivity contribution < 1.29 is 0 Å². The molecular weight excluding hydrogens is 172 g/mol. The van der Waals surface area contributed by atoms with Crippen molar-refractivity contribution in [3.8, 4) is 0 Å². The third kappa shape index (κ3) is 1.77. The molecule has 0 saturated carbocycles. The lowest BCUT2D eigenvalue weighted by atomic mass is 10.5. The molecule has 1 rings (SSSR count). The Balaban J connectivity index is 2.68. The molecule has 0 aromatic rings. The van der Waals surface area contributed by atoms with Gasteiger partial charge in [0.25, 0.3) is 0 Å². The van der Waals surface area contributed by atoms with Gasteiger partial charge in [-0.15, -0.1) is 0 Å². The summed E-state index contributed by atoms with van der Waals surface area (Å²) < 4.78 is 0. The maximum atomic E-state index is 6.55. The number of allylic oxidation sites excluding steroid dienone is 4. The Labute approximate surface area is 74.7 Å². The van der Waals surface area contributed by atoms with E-state index < -0.39 is 7.38 Å². The molecule has 1 aliphatic carbocycles. The van der Waals surface area contributed by atoms with E-state index in [-0.39, 0.29) is 0 Å². The molecule has 0 saturated heterocycles. The summed E-state index contributed by atoms with van der Waals surface area (Å²) in [6.07, 6.45) is 8.71. The molecular formula is C9H15ClSi. The number of hydrogen-bond donors (Lipinski definition) is 0. The van der Waals surface area contributed by atoms with E-state index >= 15 is 0 Å². The van der Waals surface area contributed by atoms with Crippen LogP contribution in [-0.2, 0) is 0 Å². The van der Waals surface area contributed by atoms with Crippen molar-refractivity contribution in [3.63, 3.8) is 0 Å². The van der Waals surface area contributed by atoms with Crippen LogP contribution in [0, 0.1) is 0 Å². The minimum absolute atomic E-state index is 0.583. The Morgan fingerprint density at radius 2 is 1.64 bits per heavy atom. The Hall–Kier alpha value is -0.0131. The Kier molecular flexibility index (Phi) is 2.96. The normalized spacial score (nSPS) is 18.1. The molecule has 2 heteroatoms. The SMILES string of the molecule is CC[Si](Cl)(CC)C1C=CC=C1. The van der Waals surface area contributed by atoms with Gasteiger partial charge in [0.1, 0.15) is 0 Å². The standard InChI is InChI=1S/C9H15ClSi/c1-3-11(10,4-2)9-7-5-6-8-9/h5-9H,3-4H2,1-2H3. The fraction of sp³-hybridized carbons (Fsp3) is 0.556. The van der Waals surface area contributed by atoms with Crippen LogP contribution in [0.4, 0.5) is 0 Å². The highest BCUT2D eigenvalue weighted by atomic mass is 35.6. The van der Waals surface area contributed by atoms with E-state index in [4.69, 9.17) is 11.1 Å². The molecule has 0 unspecified atom stereocenters. The molecule has 0 N–H and O–H groups in total. The Morgan fingerprint density at radius 3 is 2.00 bits per heavy atom. The molecule has 0 radical (unpaired) electrons. The molecule has 0 spiro atoms. The summed E-state index contributed by atoms with van der Waals surface area (Å²) in [4.78, 5) is 0. The summed E-state index contributed by atoms with van der Waals surface area (Å²) >= 11 is 6.55. The lowest BCUT2D eigenvalue weighted by molar-refractivity contribution is 1.18. The molecule has 0 amide bonds. The molecule has 62 valence electrons. The van der Waals surface area contributed by atoms with Gasteiger partial charge in [0, 0.05) is 5.54 Å². The van der Waals surface area contributed by atoms with Crippen LogP contribution >= 0.6 is 11.1 Å². The van der Waals surface area contributed by atoms with Gasteiger partial charge in [-0.3, -0.25) is 0 Å². The first kappa shape index (κ1) is 9.08. The van der Waals surface area contributed by atoms with Crippen molar-refractivity contribution in [2.75, 3.05) is 0 Å². The summed E-state index contributed by atoms with van der Waals surface area (Å²) in [6, 6.07) is 2.34. The van der Waals surface area contributed by atoms with Crippen LogP contribution in [0.5, 0.6) is 0 Å². The second-order valence-electron chi connectivity index (χ2n) is 3.04. The summed E-state index contributed by atoms with van der Waals surface area (Å²) in [5.41, 5.74) is 0.583. The molecule has 0 atom stereocenters. The quantitative estimate of drug-likeness (QED) is 0.466. The third-order valence-electron chi connectivity index (χ3n) is 2.52. The van der Waals surface area contributed by atoms with Crippen molar-refractivity contribution in [2.24, 2.45) is 0 Å². The average Bonchev–Trinajstić information content (AvgIpc) is 2.55. The van der Waals surface area contributed by atoms with Crippen LogP contribution in [0.25, 0.3) is 0 Å². The first-order valence-electron chi connectivity index (χ1n) is 4.27. The van der Waals surface area contributed by atoms with Crippen LogP contribution < -0.4 is 0 Å². The number of rotatable bonds is 3. The van der Waals surface area contributed by atoms with Crippen LogP contribution in [-0.4, -0.2) is 7.38 Å². The first-order valence-corrected chi connectivity index (χ1v) is 7.77. The molecule has 1 aliphatic rings. The third-order valence-corrected chi connectivity index (χ3v) is 8.81. The van der Waals surface area contributed by atoms with Gasteiger partial charge < -0.3 is 0 Å². The average molecular weight is 187 g/mol. The summed E-state index contributed by atoms with van der Waals surface area (Å²) in [7, 11) is -1.47. The van der Waals surface area contributed by atoms with Gasteiger partial charge in [0.15, 0.2) is 7.38 Å².